The Morgan fingerprint density at radius 1 is 1.23 bits per heavy atom. The number of aryl methyl sites for hydroxylation is 2. The molecule has 11 heteroatoms. The second-order valence-electron chi connectivity index (χ2n) is 7.06. The number of thiophene rings is 1. The van der Waals surface area contributed by atoms with E-state index in [1.54, 1.807) is 11.4 Å². The van der Waals surface area contributed by atoms with Gasteiger partial charge in [0.2, 0.25) is 5.91 Å². The summed E-state index contributed by atoms with van der Waals surface area (Å²) in [6, 6.07) is 5.69. The number of benzene rings is 1. The number of carbonyl (C=O) groups excluding carboxylic acids is 1. The number of carbonyl (C=O) groups is 1. The molecule has 0 spiro atoms. The lowest BCUT2D eigenvalue weighted by atomic mass is 9.97. The van der Waals surface area contributed by atoms with Crippen LogP contribution in [0.15, 0.2) is 34.2 Å². The Labute approximate surface area is 182 Å². The zero-order valence-corrected chi connectivity index (χ0v) is 17.7. The second-order valence-corrected chi connectivity index (χ2v) is 9.08. The Morgan fingerprint density at radius 2 is 1.97 bits per heavy atom. The van der Waals surface area contributed by atoms with Crippen molar-refractivity contribution in [2.75, 3.05) is 12.3 Å². The van der Waals surface area contributed by atoms with Crippen molar-refractivity contribution in [1.29, 1.82) is 0 Å². The van der Waals surface area contributed by atoms with Crippen LogP contribution < -0.4 is 10.9 Å². The largest absolute Gasteiger partial charge is 0.405 e. The van der Waals surface area contributed by atoms with Gasteiger partial charge in [-0.2, -0.15) is 13.2 Å². The van der Waals surface area contributed by atoms with Crippen LogP contribution in [0.3, 0.4) is 0 Å². The minimum Gasteiger partial charge on any atom is -0.346 e. The van der Waals surface area contributed by atoms with Crippen molar-refractivity contribution >= 4 is 39.2 Å². The number of amides is 1. The lowest BCUT2D eigenvalue weighted by Crippen LogP contribution is -2.35. The Kier molecular flexibility index (Phi) is 6.07. The number of fused-ring (bicyclic) bond motifs is 3. The third-order valence-electron chi connectivity index (χ3n) is 4.87. The molecule has 1 aliphatic carbocycles. The smallest absolute Gasteiger partial charge is 0.346 e. The molecule has 2 aromatic heterocycles. The highest BCUT2D eigenvalue weighted by atomic mass is 32.2. The van der Waals surface area contributed by atoms with E-state index in [1.807, 2.05) is 0 Å². The summed E-state index contributed by atoms with van der Waals surface area (Å²) < 4.78 is 52.7. The van der Waals surface area contributed by atoms with E-state index in [4.69, 9.17) is 0 Å². The van der Waals surface area contributed by atoms with Crippen molar-refractivity contribution in [3.05, 3.63) is 50.9 Å². The quantitative estimate of drug-likeness (QED) is 0.344. The van der Waals surface area contributed by atoms with Gasteiger partial charge >= 0.3 is 6.18 Å². The number of hydrogen-bond donors (Lipinski definition) is 1. The third kappa shape index (κ3) is 4.62. The number of aromatic nitrogens is 2. The van der Waals surface area contributed by atoms with E-state index in [-0.39, 0.29) is 10.8 Å². The van der Waals surface area contributed by atoms with Crippen molar-refractivity contribution in [2.45, 2.75) is 37.0 Å². The van der Waals surface area contributed by atoms with Crippen LogP contribution in [0.25, 0.3) is 15.9 Å². The summed E-state index contributed by atoms with van der Waals surface area (Å²) in [6.07, 6.45) is -0.966. The van der Waals surface area contributed by atoms with E-state index in [2.05, 4.69) is 4.98 Å². The summed E-state index contributed by atoms with van der Waals surface area (Å²) in [5.74, 6) is -1.89. The fourth-order valence-electron chi connectivity index (χ4n) is 3.51. The van der Waals surface area contributed by atoms with E-state index < -0.39 is 35.8 Å². The molecule has 5 nitrogen and oxygen atoms in total. The van der Waals surface area contributed by atoms with Gasteiger partial charge in [-0.25, -0.2) is 9.37 Å². The van der Waals surface area contributed by atoms with Crippen LogP contribution in [0.5, 0.6) is 0 Å². The highest BCUT2D eigenvalue weighted by Gasteiger charge is 2.28. The van der Waals surface area contributed by atoms with Crippen LogP contribution in [0.1, 0.15) is 23.3 Å². The molecule has 4 rings (SSSR count). The van der Waals surface area contributed by atoms with Gasteiger partial charge in [0.1, 0.15) is 17.2 Å². The first-order valence-corrected chi connectivity index (χ1v) is 11.3. The molecule has 31 heavy (non-hydrogen) atoms. The highest BCUT2D eigenvalue weighted by Crippen LogP contribution is 2.35. The molecule has 0 saturated carbocycles. The SMILES string of the molecule is O=C(CSc1nc2sc3c(c2c(=O)n1-c1ccccc1F)CCCC3)NCC(F)(F)F. The van der Waals surface area contributed by atoms with E-state index in [1.165, 1.54) is 29.5 Å². The lowest BCUT2D eigenvalue weighted by molar-refractivity contribution is -0.136. The van der Waals surface area contributed by atoms with Gasteiger partial charge in [-0.3, -0.25) is 14.2 Å². The van der Waals surface area contributed by atoms with Crippen LogP contribution in [-0.4, -0.2) is 33.9 Å². The summed E-state index contributed by atoms with van der Waals surface area (Å²) in [6.45, 7) is -1.45. The summed E-state index contributed by atoms with van der Waals surface area (Å²) in [5.41, 5.74) is 0.483. The maximum Gasteiger partial charge on any atom is 0.405 e. The summed E-state index contributed by atoms with van der Waals surface area (Å²) in [4.78, 5) is 31.4. The number of rotatable bonds is 5. The number of alkyl halides is 3. The summed E-state index contributed by atoms with van der Waals surface area (Å²) >= 11 is 2.20. The van der Waals surface area contributed by atoms with Gasteiger partial charge in [0.25, 0.3) is 5.56 Å². The molecule has 0 radical (unpaired) electrons. The first-order valence-electron chi connectivity index (χ1n) is 9.53. The van der Waals surface area contributed by atoms with Crippen molar-refractivity contribution in [1.82, 2.24) is 14.9 Å². The molecule has 0 bridgehead atoms. The first kappa shape index (κ1) is 21.8. The van der Waals surface area contributed by atoms with Crippen LogP contribution >= 0.6 is 23.1 Å². The zero-order chi connectivity index (χ0) is 22.2. The Hall–Kier alpha value is -2.40. The molecule has 0 aliphatic heterocycles. The molecule has 0 fully saturated rings. The van der Waals surface area contributed by atoms with E-state index in [9.17, 15) is 27.2 Å². The van der Waals surface area contributed by atoms with Crippen LogP contribution in [0.2, 0.25) is 0 Å². The number of para-hydroxylation sites is 1. The number of hydrogen-bond acceptors (Lipinski definition) is 5. The van der Waals surface area contributed by atoms with Gasteiger partial charge < -0.3 is 5.32 Å². The van der Waals surface area contributed by atoms with Gasteiger partial charge in [0, 0.05) is 4.88 Å². The summed E-state index contributed by atoms with van der Waals surface area (Å²) in [7, 11) is 0. The fraction of sp³-hybridized carbons (Fsp3) is 0.350. The van der Waals surface area contributed by atoms with Gasteiger partial charge in [-0.15, -0.1) is 11.3 Å². The Bertz CT molecular complexity index is 1200. The predicted molar refractivity (Wildman–Crippen MR) is 112 cm³/mol. The number of nitrogens with zero attached hydrogens (tertiary/aromatic N) is 2. The molecule has 3 aromatic rings. The van der Waals surface area contributed by atoms with Crippen molar-refractivity contribution in [3.63, 3.8) is 0 Å². The maximum absolute atomic E-state index is 14.6. The predicted octanol–water partition coefficient (Wildman–Crippen LogP) is 4.24. The van der Waals surface area contributed by atoms with E-state index >= 15 is 0 Å². The molecular formula is C20H17F4N3O2S2. The van der Waals surface area contributed by atoms with Gasteiger partial charge in [0.15, 0.2) is 5.16 Å². The zero-order valence-electron chi connectivity index (χ0n) is 16.1. The Balaban J connectivity index is 1.76. The van der Waals surface area contributed by atoms with Crippen molar-refractivity contribution < 1.29 is 22.4 Å². The molecule has 0 saturated heterocycles. The second kappa shape index (κ2) is 8.62. The maximum atomic E-state index is 14.6. The molecule has 2 heterocycles. The molecule has 1 amide bonds. The molecule has 164 valence electrons. The molecule has 1 aliphatic rings. The average Bonchev–Trinajstić information content (AvgIpc) is 3.10. The van der Waals surface area contributed by atoms with Crippen molar-refractivity contribution in [3.8, 4) is 5.69 Å². The van der Waals surface area contributed by atoms with Crippen LogP contribution in [0, 0.1) is 5.82 Å². The number of thioether (sulfide) groups is 1. The fourth-order valence-corrected chi connectivity index (χ4v) is 5.65. The number of halogens is 4. The van der Waals surface area contributed by atoms with Gasteiger partial charge in [-0.1, -0.05) is 23.9 Å². The highest BCUT2D eigenvalue weighted by molar-refractivity contribution is 7.99. The van der Waals surface area contributed by atoms with E-state index in [0.29, 0.717) is 10.2 Å². The standard InChI is InChI=1S/C20H17F4N3O2S2/c21-12-6-2-3-7-13(12)27-18(29)16-11-5-1-4-8-14(11)31-17(16)26-19(27)30-9-15(28)25-10-20(22,23)24/h2-3,6-7H,1,4-5,8-10H2,(H,25,28). The third-order valence-corrected chi connectivity index (χ3v) is 6.99. The number of nitrogens with one attached hydrogen (secondary N) is 1. The minimum atomic E-state index is -4.53. The summed E-state index contributed by atoms with van der Waals surface area (Å²) in [5, 5.41) is 2.29. The van der Waals surface area contributed by atoms with Crippen LogP contribution in [0.4, 0.5) is 17.6 Å². The van der Waals surface area contributed by atoms with Crippen LogP contribution in [-0.2, 0) is 17.6 Å². The van der Waals surface area contributed by atoms with Gasteiger partial charge in [0.05, 0.1) is 16.8 Å². The molecule has 1 aromatic carbocycles. The average molecular weight is 472 g/mol. The normalized spacial score (nSPS) is 13.9. The molecular weight excluding hydrogens is 454 g/mol. The van der Waals surface area contributed by atoms with Crippen molar-refractivity contribution in [2.24, 2.45) is 0 Å². The molecule has 1 N–H and O–H groups in total. The van der Waals surface area contributed by atoms with Gasteiger partial charge in [-0.05, 0) is 43.4 Å². The first-order chi connectivity index (χ1) is 14.7. The Morgan fingerprint density at radius 3 is 2.71 bits per heavy atom. The lowest BCUT2D eigenvalue weighted by Gasteiger charge is -2.14. The topological polar surface area (TPSA) is 64.0 Å². The minimum absolute atomic E-state index is 0.0177. The molecule has 0 unspecified atom stereocenters. The monoisotopic (exact) mass is 471 g/mol. The molecule has 0 atom stereocenters. The van der Waals surface area contributed by atoms with E-state index in [0.717, 1.165) is 52.5 Å².